The number of anilines is 1. The molecular weight excluding hydrogens is 219 g/mol. The van der Waals surface area contributed by atoms with E-state index in [9.17, 15) is 4.39 Å². The highest BCUT2D eigenvalue weighted by molar-refractivity contribution is 6.32. The van der Waals surface area contributed by atoms with Gasteiger partial charge in [-0.3, -0.25) is 0 Å². The van der Waals surface area contributed by atoms with E-state index in [1.165, 1.54) is 10.7 Å². The van der Waals surface area contributed by atoms with E-state index in [1.807, 2.05) is 0 Å². The van der Waals surface area contributed by atoms with Crippen molar-refractivity contribution in [2.75, 3.05) is 5.73 Å². The predicted molar refractivity (Wildman–Crippen MR) is 54.3 cm³/mol. The molecule has 78 valence electrons. The maximum Gasteiger partial charge on any atom is 0.238 e. The third kappa shape index (κ3) is 1.19. The highest BCUT2D eigenvalue weighted by Gasteiger charge is 2.32. The number of fused-ring (bicyclic) bond motifs is 1. The van der Waals surface area contributed by atoms with Crippen LogP contribution >= 0.6 is 11.6 Å². The quantitative estimate of drug-likeness (QED) is 0.809. The molecule has 0 aliphatic heterocycles. The van der Waals surface area contributed by atoms with Crippen LogP contribution in [0, 0.1) is 5.82 Å². The van der Waals surface area contributed by atoms with E-state index in [2.05, 4.69) is 10.1 Å². The molecule has 1 fully saturated rings. The minimum Gasteiger partial charge on any atom is -0.367 e. The smallest absolute Gasteiger partial charge is 0.238 e. The first kappa shape index (κ1) is 8.91. The van der Waals surface area contributed by atoms with Crippen LogP contribution in [0.5, 0.6) is 0 Å². The van der Waals surface area contributed by atoms with Gasteiger partial charge in [0.15, 0.2) is 5.82 Å². The van der Waals surface area contributed by atoms with Gasteiger partial charge in [0.25, 0.3) is 0 Å². The topological polar surface area (TPSA) is 56.2 Å². The highest BCUT2D eigenvalue weighted by atomic mass is 35.5. The second-order valence-corrected chi connectivity index (χ2v) is 4.08. The van der Waals surface area contributed by atoms with Crippen molar-refractivity contribution in [1.82, 2.24) is 14.6 Å². The normalized spacial score (nSPS) is 16.1. The van der Waals surface area contributed by atoms with Gasteiger partial charge in [-0.25, -0.2) is 13.9 Å². The van der Waals surface area contributed by atoms with Gasteiger partial charge >= 0.3 is 0 Å². The van der Waals surface area contributed by atoms with Crippen molar-refractivity contribution in [3.8, 4) is 0 Å². The van der Waals surface area contributed by atoms with Gasteiger partial charge in [-0.05, 0) is 12.8 Å². The van der Waals surface area contributed by atoms with Crippen LogP contribution in [0.1, 0.15) is 24.5 Å². The SMILES string of the molecule is Nc1ncc2c(F)c(Cl)c(C3CC3)n2n1. The molecule has 0 bridgehead atoms. The highest BCUT2D eigenvalue weighted by Crippen LogP contribution is 2.45. The van der Waals surface area contributed by atoms with Crippen molar-refractivity contribution in [1.29, 1.82) is 0 Å². The van der Waals surface area contributed by atoms with Crippen LogP contribution in [-0.2, 0) is 0 Å². The van der Waals surface area contributed by atoms with Gasteiger partial charge in [0.05, 0.1) is 11.9 Å². The molecule has 0 radical (unpaired) electrons. The molecule has 2 N–H and O–H groups in total. The molecule has 2 aromatic heterocycles. The minimum absolute atomic E-state index is 0.121. The first-order valence-electron chi connectivity index (χ1n) is 4.66. The summed E-state index contributed by atoms with van der Waals surface area (Å²) in [5.74, 6) is -0.0292. The molecule has 3 rings (SSSR count). The Kier molecular flexibility index (Phi) is 1.68. The van der Waals surface area contributed by atoms with Crippen molar-refractivity contribution < 1.29 is 4.39 Å². The van der Waals surface area contributed by atoms with Crippen LogP contribution in [0.25, 0.3) is 5.52 Å². The molecule has 0 saturated heterocycles. The van der Waals surface area contributed by atoms with E-state index in [4.69, 9.17) is 17.3 Å². The number of nitrogen functional groups attached to an aromatic ring is 1. The van der Waals surface area contributed by atoms with E-state index in [1.54, 1.807) is 0 Å². The molecule has 0 amide bonds. The lowest BCUT2D eigenvalue weighted by atomic mass is 10.3. The summed E-state index contributed by atoms with van der Waals surface area (Å²) in [6, 6.07) is 0. The maximum atomic E-state index is 13.7. The molecule has 15 heavy (non-hydrogen) atoms. The molecular formula is C9H8ClFN4. The second kappa shape index (κ2) is 2.82. The lowest BCUT2D eigenvalue weighted by Gasteiger charge is -1.99. The number of halogens is 2. The van der Waals surface area contributed by atoms with Crippen molar-refractivity contribution in [3.05, 3.63) is 22.7 Å². The van der Waals surface area contributed by atoms with Gasteiger partial charge in [0, 0.05) is 5.92 Å². The summed E-state index contributed by atoms with van der Waals surface area (Å²) in [5, 5.41) is 4.13. The third-order valence-corrected chi connectivity index (χ3v) is 2.94. The van der Waals surface area contributed by atoms with Crippen LogP contribution in [0.3, 0.4) is 0 Å². The van der Waals surface area contributed by atoms with Crippen LogP contribution in [0.4, 0.5) is 10.3 Å². The summed E-state index contributed by atoms with van der Waals surface area (Å²) < 4.78 is 15.1. The van der Waals surface area contributed by atoms with Crippen LogP contribution in [-0.4, -0.2) is 14.6 Å². The Labute approximate surface area is 89.9 Å². The zero-order valence-electron chi connectivity index (χ0n) is 7.74. The zero-order chi connectivity index (χ0) is 10.6. The summed E-state index contributed by atoms with van der Waals surface area (Å²) in [7, 11) is 0. The summed E-state index contributed by atoms with van der Waals surface area (Å²) in [6.45, 7) is 0. The predicted octanol–water partition coefficient (Wildman–Crippen LogP) is 1.98. The minimum atomic E-state index is -0.460. The summed E-state index contributed by atoms with van der Waals surface area (Å²) >= 11 is 5.92. The van der Waals surface area contributed by atoms with Crippen LogP contribution in [0.2, 0.25) is 5.02 Å². The Bertz CT molecular complexity index is 547. The summed E-state index contributed by atoms with van der Waals surface area (Å²) in [6.07, 6.45) is 3.40. The fourth-order valence-corrected chi connectivity index (χ4v) is 2.06. The first-order chi connectivity index (χ1) is 7.18. The molecule has 6 heteroatoms. The Morgan fingerprint density at radius 3 is 2.93 bits per heavy atom. The van der Waals surface area contributed by atoms with Gasteiger partial charge in [0.1, 0.15) is 10.5 Å². The average Bonchev–Trinajstić information content (AvgIpc) is 2.98. The van der Waals surface area contributed by atoms with Crippen molar-refractivity contribution in [2.45, 2.75) is 18.8 Å². The molecule has 0 spiro atoms. The Morgan fingerprint density at radius 1 is 1.53 bits per heavy atom. The van der Waals surface area contributed by atoms with Gasteiger partial charge in [-0.2, -0.15) is 0 Å². The fourth-order valence-electron chi connectivity index (χ4n) is 1.72. The van der Waals surface area contributed by atoms with Crippen LogP contribution < -0.4 is 5.73 Å². The molecule has 4 nitrogen and oxygen atoms in total. The van der Waals surface area contributed by atoms with E-state index in [0.29, 0.717) is 5.92 Å². The van der Waals surface area contributed by atoms with Crippen molar-refractivity contribution in [2.24, 2.45) is 0 Å². The van der Waals surface area contributed by atoms with Gasteiger partial charge < -0.3 is 5.73 Å². The number of hydrogen-bond acceptors (Lipinski definition) is 3. The van der Waals surface area contributed by atoms with E-state index in [-0.39, 0.29) is 16.5 Å². The molecule has 2 aromatic rings. The molecule has 0 atom stereocenters. The Hall–Kier alpha value is -1.36. The monoisotopic (exact) mass is 226 g/mol. The zero-order valence-corrected chi connectivity index (χ0v) is 8.50. The van der Waals surface area contributed by atoms with Gasteiger partial charge in [0.2, 0.25) is 5.95 Å². The molecule has 1 aliphatic rings. The maximum absolute atomic E-state index is 13.7. The molecule has 0 unspecified atom stereocenters. The fraction of sp³-hybridized carbons (Fsp3) is 0.333. The Balaban J connectivity index is 2.40. The van der Waals surface area contributed by atoms with Gasteiger partial charge in [-0.1, -0.05) is 11.6 Å². The largest absolute Gasteiger partial charge is 0.367 e. The van der Waals surface area contributed by atoms with E-state index in [0.717, 1.165) is 18.5 Å². The first-order valence-corrected chi connectivity index (χ1v) is 5.04. The average molecular weight is 227 g/mol. The molecule has 1 aliphatic carbocycles. The lowest BCUT2D eigenvalue weighted by Crippen LogP contribution is -2.02. The number of rotatable bonds is 1. The van der Waals surface area contributed by atoms with Crippen molar-refractivity contribution in [3.63, 3.8) is 0 Å². The Morgan fingerprint density at radius 2 is 2.27 bits per heavy atom. The summed E-state index contributed by atoms with van der Waals surface area (Å²) in [5.41, 5.74) is 6.47. The molecule has 1 saturated carbocycles. The second-order valence-electron chi connectivity index (χ2n) is 3.70. The number of aromatic nitrogens is 3. The standard InChI is InChI=1S/C9H8ClFN4/c10-6-7(11)5-3-13-9(12)14-15(5)8(6)4-1-2-4/h3-4H,1-2H2,(H2,12,14). The lowest BCUT2D eigenvalue weighted by molar-refractivity contribution is 0.638. The van der Waals surface area contributed by atoms with E-state index >= 15 is 0 Å². The van der Waals surface area contributed by atoms with E-state index < -0.39 is 5.82 Å². The molecule has 0 aromatic carbocycles. The van der Waals surface area contributed by atoms with Crippen LogP contribution in [0.15, 0.2) is 6.20 Å². The third-order valence-electron chi connectivity index (χ3n) is 2.58. The number of hydrogen-bond donors (Lipinski definition) is 1. The number of nitrogens with two attached hydrogens (primary N) is 1. The summed E-state index contributed by atoms with van der Waals surface area (Å²) in [4.78, 5) is 3.75. The molecule has 2 heterocycles. The van der Waals surface area contributed by atoms with Gasteiger partial charge in [-0.15, -0.1) is 5.10 Å². The number of nitrogens with zero attached hydrogens (tertiary/aromatic N) is 3. The van der Waals surface area contributed by atoms with Crippen molar-refractivity contribution >= 4 is 23.1 Å².